The van der Waals surface area contributed by atoms with Crippen LogP contribution in [-0.2, 0) is 15.9 Å². The quantitative estimate of drug-likeness (QED) is 0.207. The van der Waals surface area contributed by atoms with Crippen molar-refractivity contribution in [2.24, 2.45) is 0 Å². The summed E-state index contributed by atoms with van der Waals surface area (Å²) in [5.74, 6) is -1.71. The van der Waals surface area contributed by atoms with Crippen molar-refractivity contribution in [3.8, 4) is 5.75 Å². The highest BCUT2D eigenvalue weighted by molar-refractivity contribution is 7.90. The van der Waals surface area contributed by atoms with Crippen LogP contribution in [0.25, 0.3) is 0 Å². The molecule has 1 heterocycles. The highest BCUT2D eigenvalue weighted by Crippen LogP contribution is 2.26. The molecule has 0 aliphatic rings. The van der Waals surface area contributed by atoms with E-state index in [1.807, 2.05) is 0 Å². The summed E-state index contributed by atoms with van der Waals surface area (Å²) in [6, 6.07) is 10.8. The van der Waals surface area contributed by atoms with Crippen molar-refractivity contribution >= 4 is 52.2 Å². The Hall–Kier alpha value is -3.87. The van der Waals surface area contributed by atoms with Gasteiger partial charge in [-0.2, -0.15) is 0 Å². The number of nitrogens with one attached hydrogen (secondary N) is 3. The fourth-order valence-corrected chi connectivity index (χ4v) is 4.03. The van der Waals surface area contributed by atoms with Gasteiger partial charge < -0.3 is 30.0 Å². The Morgan fingerprint density at radius 3 is 2.41 bits per heavy atom. The number of rotatable bonds is 10. The molecule has 2 aromatic carbocycles. The maximum Gasteiger partial charge on any atom is 0.407 e. The Morgan fingerprint density at radius 2 is 1.76 bits per heavy atom. The van der Waals surface area contributed by atoms with Crippen LogP contribution in [0.5, 0.6) is 5.75 Å². The molecule has 0 saturated heterocycles. The highest BCUT2D eigenvalue weighted by atomic mass is 35.5. The van der Waals surface area contributed by atoms with Gasteiger partial charge in [-0.25, -0.2) is 14.2 Å². The third-order valence-electron chi connectivity index (χ3n) is 5.22. The average molecular weight is 605 g/mol. The van der Waals surface area contributed by atoms with Crippen LogP contribution >= 0.6 is 11.6 Å². The molecule has 0 fully saturated rings. The van der Waals surface area contributed by atoms with Crippen LogP contribution in [0.4, 0.5) is 20.7 Å². The second-order valence-corrected chi connectivity index (χ2v) is 11.5. The first-order valence-electron chi connectivity index (χ1n) is 12.4. The molecule has 10 nitrogen and oxygen atoms in total. The number of carbonyl (C=O) groups is 3. The van der Waals surface area contributed by atoms with Gasteiger partial charge in [0.25, 0.3) is 11.8 Å². The lowest BCUT2D eigenvalue weighted by atomic mass is 10.1. The summed E-state index contributed by atoms with van der Waals surface area (Å²) >= 11 is 4.47. The first-order valence-corrected chi connectivity index (χ1v) is 14.4. The predicted octanol–water partition coefficient (Wildman–Crippen LogP) is 5.41. The van der Waals surface area contributed by atoms with Crippen LogP contribution in [-0.4, -0.2) is 52.5 Å². The van der Waals surface area contributed by atoms with Crippen molar-refractivity contribution < 1.29 is 32.8 Å². The molecule has 0 spiro atoms. The molecule has 0 saturated carbocycles. The number of nitrogens with zero attached hydrogens (tertiary/aromatic N) is 1. The third kappa shape index (κ3) is 9.92. The molecule has 0 radical (unpaired) electrons. The molecule has 1 atom stereocenters. The Balaban J connectivity index is 1.74. The fourth-order valence-electron chi connectivity index (χ4n) is 3.38. The number of carbonyl (C=O) groups excluding carboxylic acids is 3. The number of ether oxygens (including phenoxy) is 2. The third-order valence-corrected chi connectivity index (χ3v) is 6.36. The Morgan fingerprint density at radius 1 is 1.02 bits per heavy atom. The van der Waals surface area contributed by atoms with Crippen molar-refractivity contribution in [3.05, 3.63) is 76.7 Å². The van der Waals surface area contributed by atoms with Gasteiger partial charge in [0.2, 0.25) is 0 Å². The van der Waals surface area contributed by atoms with Gasteiger partial charge in [-0.1, -0.05) is 11.6 Å². The Labute approximate surface area is 245 Å². The molecule has 13 heteroatoms. The van der Waals surface area contributed by atoms with Crippen LogP contribution < -0.4 is 20.7 Å². The molecule has 41 heavy (non-hydrogen) atoms. The van der Waals surface area contributed by atoms with Crippen LogP contribution in [0.3, 0.4) is 0 Å². The van der Waals surface area contributed by atoms with Gasteiger partial charge in [0.15, 0.2) is 4.90 Å². The van der Waals surface area contributed by atoms with Crippen molar-refractivity contribution in [1.29, 1.82) is 0 Å². The van der Waals surface area contributed by atoms with Crippen LogP contribution in [0, 0.1) is 5.82 Å². The van der Waals surface area contributed by atoms with Gasteiger partial charge in [-0.3, -0.25) is 9.59 Å². The molecule has 1 aromatic heterocycles. The normalized spacial score (nSPS) is 11.8. The predicted molar refractivity (Wildman–Crippen MR) is 155 cm³/mol. The van der Waals surface area contributed by atoms with E-state index < -0.39 is 40.5 Å². The van der Waals surface area contributed by atoms with Gasteiger partial charge in [-0.05, 0) is 80.8 Å². The summed E-state index contributed by atoms with van der Waals surface area (Å²) in [5, 5.41) is 8.14. The fraction of sp³-hybridized carbons (Fsp3) is 0.286. The molecule has 3 amide bonds. The van der Waals surface area contributed by atoms with E-state index in [1.54, 1.807) is 20.8 Å². The number of amides is 3. The summed E-state index contributed by atoms with van der Waals surface area (Å²) in [7, 11) is 0. The molecule has 1 unspecified atom stereocenters. The number of pyridine rings is 1. The molecule has 3 N–H and O–H groups in total. The molecule has 0 bridgehead atoms. The lowest BCUT2D eigenvalue weighted by molar-refractivity contribution is 0.0525. The van der Waals surface area contributed by atoms with Crippen molar-refractivity contribution in [1.82, 2.24) is 10.3 Å². The van der Waals surface area contributed by atoms with Gasteiger partial charge in [0.05, 0.1) is 28.4 Å². The van der Waals surface area contributed by atoms with Crippen LogP contribution in [0.15, 0.2) is 59.6 Å². The minimum absolute atomic E-state index is 0.0403. The van der Waals surface area contributed by atoms with E-state index in [0.717, 1.165) is 12.1 Å². The smallest absolute Gasteiger partial charge is 0.407 e. The summed E-state index contributed by atoms with van der Waals surface area (Å²) in [6.45, 7) is 5.64. The second-order valence-electron chi connectivity index (χ2n) is 9.70. The van der Waals surface area contributed by atoms with E-state index in [2.05, 4.69) is 20.9 Å². The number of aromatic nitrogens is 1. The summed E-state index contributed by atoms with van der Waals surface area (Å²) < 4.78 is 37.1. The number of halogens is 2. The SMILES string of the molecule is C[S+]([O-])c1ccc(C(=O)Nc2ccc(F)cc2C(=O)Nc2ccc(Cl)cn2)c(OCCCNC(=O)OC(C)(C)C)c1. The lowest BCUT2D eigenvalue weighted by Gasteiger charge is -2.19. The van der Waals surface area contributed by atoms with E-state index in [0.29, 0.717) is 16.3 Å². The summed E-state index contributed by atoms with van der Waals surface area (Å²) in [5.41, 5.74) is -0.637. The highest BCUT2D eigenvalue weighted by Gasteiger charge is 2.21. The summed E-state index contributed by atoms with van der Waals surface area (Å²) in [4.78, 5) is 42.4. The largest absolute Gasteiger partial charge is 0.612 e. The molecule has 0 aliphatic heterocycles. The van der Waals surface area contributed by atoms with E-state index in [-0.39, 0.29) is 41.5 Å². The first kappa shape index (κ1) is 31.7. The molecule has 218 valence electrons. The number of hydrogen-bond donors (Lipinski definition) is 3. The molecule has 0 aliphatic carbocycles. The lowest BCUT2D eigenvalue weighted by Crippen LogP contribution is -2.33. The van der Waals surface area contributed by atoms with Crippen molar-refractivity contribution in [2.75, 3.05) is 30.0 Å². The first-order chi connectivity index (χ1) is 19.3. The topological polar surface area (TPSA) is 142 Å². The number of hydrogen-bond acceptors (Lipinski definition) is 7. The number of benzene rings is 2. The van der Waals surface area contributed by atoms with E-state index in [1.165, 1.54) is 48.9 Å². The van der Waals surface area contributed by atoms with Gasteiger partial charge in [0, 0.05) is 18.8 Å². The van der Waals surface area contributed by atoms with Crippen molar-refractivity contribution in [2.45, 2.75) is 37.7 Å². The van der Waals surface area contributed by atoms with Gasteiger partial charge in [0.1, 0.15) is 29.2 Å². The average Bonchev–Trinajstić information content (AvgIpc) is 2.89. The van der Waals surface area contributed by atoms with Crippen molar-refractivity contribution in [3.63, 3.8) is 0 Å². The minimum Gasteiger partial charge on any atom is -0.612 e. The zero-order valence-electron chi connectivity index (χ0n) is 22.9. The minimum atomic E-state index is -1.35. The molecular formula is C28H30ClFN4O6S. The van der Waals surface area contributed by atoms with Crippen LogP contribution in [0.2, 0.25) is 5.02 Å². The van der Waals surface area contributed by atoms with Gasteiger partial charge in [-0.15, -0.1) is 0 Å². The monoisotopic (exact) mass is 604 g/mol. The zero-order valence-corrected chi connectivity index (χ0v) is 24.5. The summed E-state index contributed by atoms with van der Waals surface area (Å²) in [6.07, 6.45) is 2.66. The Bertz CT molecular complexity index is 1400. The van der Waals surface area contributed by atoms with E-state index >= 15 is 0 Å². The molecule has 3 aromatic rings. The van der Waals surface area contributed by atoms with E-state index in [4.69, 9.17) is 21.1 Å². The maximum absolute atomic E-state index is 14.1. The van der Waals surface area contributed by atoms with E-state index in [9.17, 15) is 23.3 Å². The standard InChI is InChI=1S/C28H30ClFN4O6S/c1-28(2,3)40-27(37)31-12-5-13-39-23-15-19(41(4)38)8-9-20(23)25(35)33-22-10-7-18(30)14-21(22)26(36)34-24-11-6-17(29)16-32-24/h6-11,14-16H,5,12-13H2,1-4H3,(H,31,37)(H,33,35)(H,32,34,36). The zero-order chi connectivity index (χ0) is 30.2. The molecular weight excluding hydrogens is 575 g/mol. The number of anilines is 2. The number of alkyl carbamates (subject to hydrolysis) is 1. The molecule has 3 rings (SSSR count). The van der Waals surface area contributed by atoms with Gasteiger partial charge >= 0.3 is 6.09 Å². The second kappa shape index (κ2) is 14.2. The van der Waals surface area contributed by atoms with Crippen LogP contribution in [0.1, 0.15) is 47.9 Å². The Kier molecular flexibility index (Phi) is 10.9. The maximum atomic E-state index is 14.1.